The molecule has 0 atom stereocenters. The fourth-order valence-electron chi connectivity index (χ4n) is 1.85. The molecule has 1 aromatic rings. The van der Waals surface area contributed by atoms with Crippen molar-refractivity contribution in [2.24, 2.45) is 0 Å². The van der Waals surface area contributed by atoms with Crippen LogP contribution in [0.15, 0.2) is 12.3 Å². The first-order valence-corrected chi connectivity index (χ1v) is 7.30. The molecule has 0 aliphatic heterocycles. The standard InChI is InChI=1S/C14H21ClF3N3/c1-4-5-21(9-14(16,17)18)13-6-11(7-19-10(2)3)12(15)8-20-13/h6,8,10,19H,4-5,7,9H2,1-3H3. The molecule has 7 heteroatoms. The van der Waals surface area contributed by atoms with E-state index in [2.05, 4.69) is 10.3 Å². The topological polar surface area (TPSA) is 28.2 Å². The molecule has 0 aliphatic rings. The van der Waals surface area contributed by atoms with Gasteiger partial charge >= 0.3 is 6.18 Å². The molecule has 0 bridgehead atoms. The highest BCUT2D eigenvalue weighted by Gasteiger charge is 2.31. The van der Waals surface area contributed by atoms with E-state index in [1.165, 1.54) is 11.1 Å². The molecule has 1 N–H and O–H groups in total. The first-order chi connectivity index (χ1) is 9.73. The summed E-state index contributed by atoms with van der Waals surface area (Å²) in [5, 5.41) is 3.65. The zero-order valence-corrected chi connectivity index (χ0v) is 13.2. The molecule has 0 radical (unpaired) electrons. The van der Waals surface area contributed by atoms with Crippen LogP contribution in [0.3, 0.4) is 0 Å². The van der Waals surface area contributed by atoms with Crippen LogP contribution in [0.5, 0.6) is 0 Å². The first kappa shape index (κ1) is 18.0. The van der Waals surface area contributed by atoms with Gasteiger partial charge < -0.3 is 10.2 Å². The van der Waals surface area contributed by atoms with Crippen LogP contribution in [0, 0.1) is 0 Å². The normalized spacial score (nSPS) is 12.0. The molecule has 0 spiro atoms. The fraction of sp³-hybridized carbons (Fsp3) is 0.643. The molecule has 0 aliphatic carbocycles. The molecular weight excluding hydrogens is 303 g/mol. The van der Waals surface area contributed by atoms with Gasteiger partial charge in [0.15, 0.2) is 0 Å². The lowest BCUT2D eigenvalue weighted by Gasteiger charge is -2.25. The molecule has 0 aromatic carbocycles. The maximum atomic E-state index is 12.6. The lowest BCUT2D eigenvalue weighted by molar-refractivity contribution is -0.119. The van der Waals surface area contributed by atoms with Gasteiger partial charge in [-0.05, 0) is 18.1 Å². The fourth-order valence-corrected chi connectivity index (χ4v) is 2.02. The summed E-state index contributed by atoms with van der Waals surface area (Å²) in [6.07, 6.45) is -2.24. The predicted octanol–water partition coefficient (Wildman–Crippen LogP) is 4.01. The summed E-state index contributed by atoms with van der Waals surface area (Å²) in [7, 11) is 0. The van der Waals surface area contributed by atoms with Gasteiger partial charge in [-0.1, -0.05) is 32.4 Å². The number of halogens is 4. The van der Waals surface area contributed by atoms with Crippen molar-refractivity contribution in [1.29, 1.82) is 0 Å². The number of aromatic nitrogens is 1. The highest BCUT2D eigenvalue weighted by Crippen LogP contribution is 2.24. The Morgan fingerprint density at radius 3 is 2.57 bits per heavy atom. The van der Waals surface area contributed by atoms with Crippen LogP contribution in [-0.4, -0.2) is 30.3 Å². The lowest BCUT2D eigenvalue weighted by atomic mass is 10.2. The van der Waals surface area contributed by atoms with E-state index in [0.29, 0.717) is 30.4 Å². The van der Waals surface area contributed by atoms with Crippen molar-refractivity contribution < 1.29 is 13.2 Å². The van der Waals surface area contributed by atoms with Gasteiger partial charge in [-0.25, -0.2) is 4.98 Å². The second-order valence-corrected chi connectivity index (χ2v) is 5.61. The number of rotatable bonds is 7. The Morgan fingerprint density at radius 2 is 2.05 bits per heavy atom. The summed E-state index contributed by atoms with van der Waals surface area (Å²) >= 11 is 6.05. The summed E-state index contributed by atoms with van der Waals surface area (Å²) in [6, 6.07) is 1.89. The number of nitrogens with zero attached hydrogens (tertiary/aromatic N) is 2. The Labute approximate surface area is 128 Å². The molecule has 1 heterocycles. The Kier molecular flexibility index (Phi) is 6.74. The van der Waals surface area contributed by atoms with Crippen LogP contribution in [0.2, 0.25) is 5.02 Å². The molecule has 1 aromatic heterocycles. The van der Waals surface area contributed by atoms with Crippen molar-refractivity contribution in [2.75, 3.05) is 18.0 Å². The van der Waals surface area contributed by atoms with E-state index in [0.717, 1.165) is 5.56 Å². The van der Waals surface area contributed by atoms with Crippen molar-refractivity contribution in [3.05, 3.63) is 22.8 Å². The zero-order chi connectivity index (χ0) is 16.0. The highest BCUT2D eigenvalue weighted by atomic mass is 35.5. The summed E-state index contributed by atoms with van der Waals surface area (Å²) in [5.74, 6) is 0.305. The van der Waals surface area contributed by atoms with Crippen LogP contribution in [-0.2, 0) is 6.54 Å². The van der Waals surface area contributed by atoms with Crippen molar-refractivity contribution in [3.63, 3.8) is 0 Å². The number of hydrogen-bond acceptors (Lipinski definition) is 3. The van der Waals surface area contributed by atoms with Crippen LogP contribution in [0.25, 0.3) is 0 Å². The molecule has 0 saturated carbocycles. The van der Waals surface area contributed by atoms with Crippen LogP contribution in [0.1, 0.15) is 32.8 Å². The second kappa shape index (κ2) is 7.84. The Morgan fingerprint density at radius 1 is 1.38 bits per heavy atom. The quantitative estimate of drug-likeness (QED) is 0.821. The van der Waals surface area contributed by atoms with Gasteiger partial charge in [0.1, 0.15) is 12.4 Å². The third-order valence-electron chi connectivity index (χ3n) is 2.81. The molecular formula is C14H21ClF3N3. The number of alkyl halides is 3. The maximum absolute atomic E-state index is 12.6. The Balaban J connectivity index is 2.95. The predicted molar refractivity (Wildman–Crippen MR) is 79.8 cm³/mol. The maximum Gasteiger partial charge on any atom is 0.405 e. The van der Waals surface area contributed by atoms with Crippen LogP contribution in [0.4, 0.5) is 19.0 Å². The minimum Gasteiger partial charge on any atom is -0.348 e. The Hall–Kier alpha value is -1.01. The number of hydrogen-bond donors (Lipinski definition) is 1. The SMILES string of the molecule is CCCN(CC(F)(F)F)c1cc(CNC(C)C)c(Cl)cn1. The average Bonchev–Trinajstić information content (AvgIpc) is 2.35. The van der Waals surface area contributed by atoms with E-state index >= 15 is 0 Å². The lowest BCUT2D eigenvalue weighted by Crippen LogP contribution is -2.35. The minimum atomic E-state index is -4.26. The summed E-state index contributed by atoms with van der Waals surface area (Å²) < 4.78 is 37.9. The molecule has 3 nitrogen and oxygen atoms in total. The number of nitrogens with one attached hydrogen (secondary N) is 1. The summed E-state index contributed by atoms with van der Waals surface area (Å²) in [6.45, 7) is 5.60. The van der Waals surface area contributed by atoms with E-state index in [4.69, 9.17) is 11.6 Å². The van der Waals surface area contributed by atoms with E-state index in [1.54, 1.807) is 6.07 Å². The van der Waals surface area contributed by atoms with E-state index in [1.807, 2.05) is 20.8 Å². The molecule has 0 unspecified atom stereocenters. The molecule has 120 valence electrons. The van der Waals surface area contributed by atoms with Gasteiger partial charge in [0.25, 0.3) is 0 Å². The molecule has 1 rings (SSSR count). The van der Waals surface area contributed by atoms with Gasteiger partial charge in [0, 0.05) is 25.3 Å². The Bertz CT molecular complexity index is 450. The summed E-state index contributed by atoms with van der Waals surface area (Å²) in [5.41, 5.74) is 0.749. The molecule has 0 saturated heterocycles. The van der Waals surface area contributed by atoms with Gasteiger partial charge in [-0.15, -0.1) is 0 Å². The highest BCUT2D eigenvalue weighted by molar-refractivity contribution is 6.31. The van der Waals surface area contributed by atoms with E-state index in [9.17, 15) is 13.2 Å². The molecule has 0 fully saturated rings. The third kappa shape index (κ3) is 6.52. The van der Waals surface area contributed by atoms with Crippen LogP contribution >= 0.6 is 11.6 Å². The first-order valence-electron chi connectivity index (χ1n) is 6.92. The zero-order valence-electron chi connectivity index (χ0n) is 12.5. The third-order valence-corrected chi connectivity index (χ3v) is 3.15. The molecule has 0 amide bonds. The van der Waals surface area contributed by atoms with E-state index in [-0.39, 0.29) is 6.04 Å². The smallest absolute Gasteiger partial charge is 0.348 e. The number of pyridine rings is 1. The monoisotopic (exact) mass is 323 g/mol. The minimum absolute atomic E-state index is 0.264. The van der Waals surface area contributed by atoms with Gasteiger partial charge in [0.2, 0.25) is 0 Å². The largest absolute Gasteiger partial charge is 0.405 e. The van der Waals surface area contributed by atoms with Crippen molar-refractivity contribution >= 4 is 17.4 Å². The van der Waals surface area contributed by atoms with Crippen molar-refractivity contribution in [1.82, 2.24) is 10.3 Å². The van der Waals surface area contributed by atoms with Crippen molar-refractivity contribution in [3.8, 4) is 0 Å². The van der Waals surface area contributed by atoms with Gasteiger partial charge in [0.05, 0.1) is 5.02 Å². The van der Waals surface area contributed by atoms with Gasteiger partial charge in [-0.2, -0.15) is 13.2 Å². The summed E-state index contributed by atoms with van der Waals surface area (Å²) in [4.78, 5) is 5.27. The average molecular weight is 324 g/mol. The van der Waals surface area contributed by atoms with Gasteiger partial charge in [-0.3, -0.25) is 0 Å². The number of anilines is 1. The van der Waals surface area contributed by atoms with Crippen molar-refractivity contribution in [2.45, 2.75) is 46.0 Å². The van der Waals surface area contributed by atoms with E-state index < -0.39 is 12.7 Å². The second-order valence-electron chi connectivity index (χ2n) is 5.21. The molecule has 21 heavy (non-hydrogen) atoms. The van der Waals surface area contributed by atoms with Crippen LogP contribution < -0.4 is 10.2 Å².